The van der Waals surface area contributed by atoms with Crippen LogP contribution in [0.5, 0.6) is 5.75 Å². The third-order valence-corrected chi connectivity index (χ3v) is 2.78. The molecule has 1 aromatic carbocycles. The van der Waals surface area contributed by atoms with Gasteiger partial charge < -0.3 is 24.3 Å². The predicted molar refractivity (Wildman–Crippen MR) is 82.8 cm³/mol. The Morgan fingerprint density at radius 2 is 1.71 bits per heavy atom. The number of hydrogen-bond acceptors (Lipinski definition) is 5. The molecule has 1 N–H and O–H groups in total. The third kappa shape index (κ3) is 9.42. The minimum absolute atomic E-state index is 0.548. The summed E-state index contributed by atoms with van der Waals surface area (Å²) in [4.78, 5) is 0. The van der Waals surface area contributed by atoms with Crippen molar-refractivity contribution >= 4 is 0 Å². The standard InChI is InChI=1S/C16H27NO4/c1-17-14-15-5-3-6-16(13-15)21-12-11-20-10-9-19-8-4-7-18-2/h3,5-6,13,17H,4,7-12,14H2,1-2H3. The lowest BCUT2D eigenvalue weighted by atomic mass is 10.2. The van der Waals surface area contributed by atoms with Crippen molar-refractivity contribution in [3.05, 3.63) is 29.8 Å². The maximum atomic E-state index is 5.64. The van der Waals surface area contributed by atoms with E-state index < -0.39 is 0 Å². The highest BCUT2D eigenvalue weighted by Crippen LogP contribution is 2.12. The van der Waals surface area contributed by atoms with Gasteiger partial charge in [0.2, 0.25) is 0 Å². The van der Waals surface area contributed by atoms with E-state index in [1.54, 1.807) is 7.11 Å². The maximum absolute atomic E-state index is 5.64. The summed E-state index contributed by atoms with van der Waals surface area (Å²) >= 11 is 0. The maximum Gasteiger partial charge on any atom is 0.119 e. The third-order valence-electron chi connectivity index (χ3n) is 2.78. The van der Waals surface area contributed by atoms with Gasteiger partial charge in [-0.25, -0.2) is 0 Å². The van der Waals surface area contributed by atoms with Gasteiger partial charge in [0.05, 0.1) is 19.8 Å². The topological polar surface area (TPSA) is 49.0 Å². The zero-order valence-electron chi connectivity index (χ0n) is 13.1. The zero-order chi connectivity index (χ0) is 15.2. The Morgan fingerprint density at radius 3 is 2.48 bits per heavy atom. The van der Waals surface area contributed by atoms with Crippen LogP contribution in [0.25, 0.3) is 0 Å². The van der Waals surface area contributed by atoms with Crippen LogP contribution in [0.4, 0.5) is 0 Å². The number of rotatable bonds is 13. The molecule has 0 fully saturated rings. The van der Waals surface area contributed by atoms with Crippen molar-refractivity contribution in [2.75, 3.05) is 53.8 Å². The summed E-state index contributed by atoms with van der Waals surface area (Å²) in [5.41, 5.74) is 1.21. The van der Waals surface area contributed by atoms with Crippen molar-refractivity contribution in [2.45, 2.75) is 13.0 Å². The summed E-state index contributed by atoms with van der Waals surface area (Å²) in [5, 5.41) is 3.12. The highest BCUT2D eigenvalue weighted by molar-refractivity contribution is 5.28. The molecule has 0 saturated heterocycles. The Hall–Kier alpha value is -1.14. The SMILES string of the molecule is CNCc1cccc(OCCOCCOCCCOC)c1. The monoisotopic (exact) mass is 297 g/mol. The van der Waals surface area contributed by atoms with Crippen molar-refractivity contribution in [3.8, 4) is 5.75 Å². The van der Waals surface area contributed by atoms with Gasteiger partial charge in [-0.05, 0) is 31.2 Å². The number of methoxy groups -OCH3 is 1. The molecule has 5 heteroatoms. The van der Waals surface area contributed by atoms with E-state index in [4.69, 9.17) is 18.9 Å². The normalized spacial score (nSPS) is 10.8. The van der Waals surface area contributed by atoms with Crippen LogP contribution in [0.1, 0.15) is 12.0 Å². The molecule has 0 aliphatic rings. The van der Waals surface area contributed by atoms with Gasteiger partial charge in [0.15, 0.2) is 0 Å². The van der Waals surface area contributed by atoms with Gasteiger partial charge in [-0.2, -0.15) is 0 Å². The Morgan fingerprint density at radius 1 is 0.952 bits per heavy atom. The molecule has 0 radical (unpaired) electrons. The van der Waals surface area contributed by atoms with Crippen LogP contribution >= 0.6 is 0 Å². The fourth-order valence-electron chi connectivity index (χ4n) is 1.80. The Balaban J connectivity index is 1.97. The molecule has 0 saturated carbocycles. The molecule has 0 heterocycles. The molecule has 0 aliphatic carbocycles. The van der Waals surface area contributed by atoms with E-state index in [2.05, 4.69) is 11.4 Å². The summed E-state index contributed by atoms with van der Waals surface area (Å²) in [6.07, 6.45) is 0.919. The minimum atomic E-state index is 0.548. The lowest BCUT2D eigenvalue weighted by molar-refractivity contribution is 0.0304. The second-order valence-corrected chi connectivity index (χ2v) is 4.60. The zero-order valence-corrected chi connectivity index (χ0v) is 13.1. The van der Waals surface area contributed by atoms with Crippen LogP contribution < -0.4 is 10.1 Å². The number of nitrogens with one attached hydrogen (secondary N) is 1. The van der Waals surface area contributed by atoms with Crippen molar-refractivity contribution in [1.29, 1.82) is 0 Å². The molecular formula is C16H27NO4. The van der Waals surface area contributed by atoms with Crippen molar-refractivity contribution < 1.29 is 18.9 Å². The second kappa shape index (κ2) is 12.6. The number of benzene rings is 1. The number of ether oxygens (including phenoxy) is 4. The first-order valence-corrected chi connectivity index (χ1v) is 7.37. The predicted octanol–water partition coefficient (Wildman–Crippen LogP) is 1.85. The summed E-state index contributed by atoms with van der Waals surface area (Å²) in [6.45, 7) is 4.61. The smallest absolute Gasteiger partial charge is 0.119 e. The Labute approximate surface area is 127 Å². The first-order valence-electron chi connectivity index (χ1n) is 7.37. The highest BCUT2D eigenvalue weighted by atomic mass is 16.5. The molecular weight excluding hydrogens is 270 g/mol. The Kier molecular flexibility index (Phi) is 10.7. The minimum Gasteiger partial charge on any atom is -0.491 e. The first kappa shape index (κ1) is 17.9. The molecule has 0 bridgehead atoms. The molecule has 1 rings (SSSR count). The molecule has 0 atom stereocenters. The van der Waals surface area contributed by atoms with Crippen LogP contribution in [0.2, 0.25) is 0 Å². The van der Waals surface area contributed by atoms with Crippen molar-refractivity contribution in [2.24, 2.45) is 0 Å². The van der Waals surface area contributed by atoms with E-state index in [0.29, 0.717) is 33.0 Å². The van der Waals surface area contributed by atoms with Gasteiger partial charge in [0.1, 0.15) is 12.4 Å². The first-order chi connectivity index (χ1) is 10.4. The molecule has 0 unspecified atom stereocenters. The second-order valence-electron chi connectivity index (χ2n) is 4.60. The average molecular weight is 297 g/mol. The van der Waals surface area contributed by atoms with Gasteiger partial charge >= 0.3 is 0 Å². The fraction of sp³-hybridized carbons (Fsp3) is 0.625. The van der Waals surface area contributed by atoms with E-state index in [9.17, 15) is 0 Å². The van der Waals surface area contributed by atoms with Gasteiger partial charge in [-0.3, -0.25) is 0 Å². The lowest BCUT2D eigenvalue weighted by Crippen LogP contribution is -2.12. The molecule has 0 amide bonds. The van der Waals surface area contributed by atoms with Crippen LogP contribution in [-0.4, -0.2) is 53.8 Å². The Bertz CT molecular complexity index is 360. The van der Waals surface area contributed by atoms with E-state index in [0.717, 1.165) is 25.3 Å². The van der Waals surface area contributed by atoms with Gasteiger partial charge in [-0.15, -0.1) is 0 Å². The average Bonchev–Trinajstić information content (AvgIpc) is 2.50. The molecule has 21 heavy (non-hydrogen) atoms. The van der Waals surface area contributed by atoms with E-state index in [-0.39, 0.29) is 0 Å². The largest absolute Gasteiger partial charge is 0.491 e. The van der Waals surface area contributed by atoms with Crippen molar-refractivity contribution in [1.82, 2.24) is 5.32 Å². The van der Waals surface area contributed by atoms with E-state index >= 15 is 0 Å². The molecule has 1 aromatic rings. The quantitative estimate of drug-likeness (QED) is 0.563. The van der Waals surface area contributed by atoms with Crippen LogP contribution in [0, 0.1) is 0 Å². The van der Waals surface area contributed by atoms with Gasteiger partial charge in [0, 0.05) is 26.9 Å². The summed E-state index contributed by atoms with van der Waals surface area (Å²) in [7, 11) is 3.62. The molecule has 0 spiro atoms. The van der Waals surface area contributed by atoms with Crippen LogP contribution in [-0.2, 0) is 20.8 Å². The van der Waals surface area contributed by atoms with Crippen LogP contribution in [0.3, 0.4) is 0 Å². The molecule has 0 aliphatic heterocycles. The molecule has 5 nitrogen and oxygen atoms in total. The summed E-state index contributed by atoms with van der Waals surface area (Å²) < 4.78 is 21.4. The fourth-order valence-corrected chi connectivity index (χ4v) is 1.80. The summed E-state index contributed by atoms with van der Waals surface area (Å²) in [5.74, 6) is 0.877. The summed E-state index contributed by atoms with van der Waals surface area (Å²) in [6, 6.07) is 8.06. The van der Waals surface area contributed by atoms with E-state index in [1.165, 1.54) is 5.56 Å². The molecule has 0 aromatic heterocycles. The van der Waals surface area contributed by atoms with Crippen molar-refractivity contribution in [3.63, 3.8) is 0 Å². The van der Waals surface area contributed by atoms with Crippen LogP contribution in [0.15, 0.2) is 24.3 Å². The molecule has 120 valence electrons. The van der Waals surface area contributed by atoms with E-state index in [1.807, 2.05) is 25.2 Å². The number of hydrogen-bond donors (Lipinski definition) is 1. The lowest BCUT2D eigenvalue weighted by Gasteiger charge is -2.09. The van der Waals surface area contributed by atoms with Gasteiger partial charge in [0.25, 0.3) is 0 Å². The highest BCUT2D eigenvalue weighted by Gasteiger charge is 1.97. The van der Waals surface area contributed by atoms with Gasteiger partial charge in [-0.1, -0.05) is 12.1 Å².